The highest BCUT2D eigenvalue weighted by Crippen LogP contribution is 2.26. The molecule has 42 heavy (non-hydrogen) atoms. The molecule has 1 heterocycles. The van der Waals surface area contributed by atoms with Crippen LogP contribution in [0.2, 0.25) is 0 Å². The van der Waals surface area contributed by atoms with Gasteiger partial charge in [0, 0.05) is 18.8 Å². The summed E-state index contributed by atoms with van der Waals surface area (Å²) in [6.07, 6.45) is 6.16. The number of alkyl halides is 3. The Hall–Kier alpha value is -3.27. The number of nitrogens with zero attached hydrogens (tertiary/aromatic N) is 2. The molecule has 2 aromatic carbocycles. The molecule has 0 spiro atoms. The van der Waals surface area contributed by atoms with E-state index in [1.807, 2.05) is 24.3 Å². The monoisotopic (exact) mass is 591 g/mol. The van der Waals surface area contributed by atoms with E-state index in [4.69, 9.17) is 14.6 Å². The van der Waals surface area contributed by atoms with Gasteiger partial charge in [-0.15, -0.1) is 0 Å². The van der Waals surface area contributed by atoms with Gasteiger partial charge in [0.15, 0.2) is 0 Å². The molecule has 0 atom stereocenters. The summed E-state index contributed by atoms with van der Waals surface area (Å²) in [5.74, 6) is -0.520. The number of carbonyl (C=O) groups is 2. The number of aliphatic carboxylic acids is 1. The van der Waals surface area contributed by atoms with Crippen LogP contribution < -0.4 is 10.1 Å². The van der Waals surface area contributed by atoms with Crippen LogP contribution in [0.15, 0.2) is 54.6 Å². The minimum atomic E-state index is -5.08. The van der Waals surface area contributed by atoms with Crippen molar-refractivity contribution in [1.29, 1.82) is 0 Å². The van der Waals surface area contributed by atoms with E-state index >= 15 is 0 Å². The zero-order valence-corrected chi connectivity index (χ0v) is 24.5. The molecule has 7 nitrogen and oxygen atoms in total. The number of carbonyl (C=O) groups excluding carboxylic acids is 1. The summed E-state index contributed by atoms with van der Waals surface area (Å²) < 4.78 is 37.0. The number of hydrogen-bond acceptors (Lipinski definition) is 4. The standard InChI is InChI=1S/C30H43N3O2.C2HF3O2/c1-35-29-15-13-28(14-16-29)31-30(34)33(24-27-11-6-3-7-12-27)20-8-19-32-21-17-26(18-22-32)23-25-9-4-2-5-10-25;3-2(4,5)1(6)7/h2,4-5,9-10,13-16,26-27H,3,6-8,11-12,17-24H2,1H3,(H,31,34);(H,6,7). The predicted molar refractivity (Wildman–Crippen MR) is 158 cm³/mol. The molecule has 2 N–H and O–H groups in total. The average molecular weight is 592 g/mol. The maximum atomic E-state index is 13.2. The van der Waals surface area contributed by atoms with Crippen molar-refractivity contribution in [3.63, 3.8) is 0 Å². The number of halogens is 3. The Balaban J connectivity index is 0.000000616. The number of anilines is 1. The Morgan fingerprint density at radius 1 is 0.952 bits per heavy atom. The molecule has 2 aliphatic rings. The fourth-order valence-corrected chi connectivity index (χ4v) is 5.68. The van der Waals surface area contributed by atoms with Crippen LogP contribution in [0.3, 0.4) is 0 Å². The summed E-state index contributed by atoms with van der Waals surface area (Å²) in [7, 11) is 1.66. The highest BCUT2D eigenvalue weighted by atomic mass is 19.4. The first-order valence-electron chi connectivity index (χ1n) is 14.9. The van der Waals surface area contributed by atoms with E-state index in [1.165, 1.54) is 70.0 Å². The third-order valence-corrected chi connectivity index (χ3v) is 8.05. The van der Waals surface area contributed by atoms with E-state index in [2.05, 4.69) is 45.4 Å². The molecule has 0 aromatic heterocycles. The van der Waals surface area contributed by atoms with Crippen LogP contribution in [-0.4, -0.2) is 72.9 Å². The van der Waals surface area contributed by atoms with E-state index in [-0.39, 0.29) is 6.03 Å². The molecule has 0 radical (unpaired) electrons. The number of carboxylic acids is 1. The number of piperidine rings is 1. The number of urea groups is 1. The normalized spacial score (nSPS) is 16.7. The summed E-state index contributed by atoms with van der Waals surface area (Å²) in [6.45, 7) is 5.13. The van der Waals surface area contributed by atoms with Gasteiger partial charge in [-0.3, -0.25) is 0 Å². The summed E-state index contributed by atoms with van der Waals surface area (Å²) >= 11 is 0. The van der Waals surface area contributed by atoms with Gasteiger partial charge >= 0.3 is 18.2 Å². The number of likely N-dealkylation sites (tertiary alicyclic amines) is 1. The van der Waals surface area contributed by atoms with Crippen LogP contribution in [0.25, 0.3) is 0 Å². The fourth-order valence-electron chi connectivity index (χ4n) is 5.68. The number of nitrogens with one attached hydrogen (secondary N) is 1. The number of methoxy groups -OCH3 is 1. The molecule has 2 amide bonds. The number of carboxylic acid groups (broad SMARTS) is 1. The lowest BCUT2D eigenvalue weighted by Crippen LogP contribution is -2.41. The minimum Gasteiger partial charge on any atom is -0.497 e. The minimum absolute atomic E-state index is 0.0299. The van der Waals surface area contributed by atoms with Crippen LogP contribution in [-0.2, 0) is 11.2 Å². The zero-order valence-electron chi connectivity index (χ0n) is 24.5. The van der Waals surface area contributed by atoms with Crippen molar-refractivity contribution in [2.45, 2.75) is 64.0 Å². The summed E-state index contributed by atoms with van der Waals surface area (Å²) in [6, 6.07) is 18.5. The van der Waals surface area contributed by atoms with Crippen molar-refractivity contribution in [3.05, 3.63) is 60.2 Å². The molecule has 10 heteroatoms. The van der Waals surface area contributed by atoms with Gasteiger partial charge in [0.05, 0.1) is 7.11 Å². The average Bonchev–Trinajstić information content (AvgIpc) is 2.99. The lowest BCUT2D eigenvalue weighted by atomic mass is 9.89. The third kappa shape index (κ3) is 11.9. The lowest BCUT2D eigenvalue weighted by molar-refractivity contribution is -0.192. The quantitative estimate of drug-likeness (QED) is 0.308. The van der Waals surface area contributed by atoms with Crippen molar-refractivity contribution in [2.75, 3.05) is 45.2 Å². The number of ether oxygens (including phenoxy) is 1. The molecular formula is C32H44F3N3O4. The predicted octanol–water partition coefficient (Wildman–Crippen LogP) is 7.09. The molecular weight excluding hydrogens is 547 g/mol. The first-order valence-corrected chi connectivity index (χ1v) is 14.9. The molecule has 1 aliphatic carbocycles. The van der Waals surface area contributed by atoms with Gasteiger partial charge in [0.2, 0.25) is 0 Å². The highest BCUT2D eigenvalue weighted by Gasteiger charge is 2.38. The smallest absolute Gasteiger partial charge is 0.490 e. The summed E-state index contributed by atoms with van der Waals surface area (Å²) in [4.78, 5) is 26.8. The Bertz CT molecular complexity index is 1070. The van der Waals surface area contributed by atoms with Crippen molar-refractivity contribution in [3.8, 4) is 5.75 Å². The van der Waals surface area contributed by atoms with Gasteiger partial charge < -0.3 is 25.0 Å². The third-order valence-electron chi connectivity index (χ3n) is 8.05. The van der Waals surface area contributed by atoms with E-state index < -0.39 is 12.1 Å². The number of benzene rings is 2. The summed E-state index contributed by atoms with van der Waals surface area (Å²) in [5.41, 5.74) is 2.29. The van der Waals surface area contributed by atoms with Gasteiger partial charge in [0.1, 0.15) is 5.75 Å². The molecule has 2 aromatic rings. The van der Waals surface area contributed by atoms with E-state index in [0.29, 0.717) is 5.92 Å². The van der Waals surface area contributed by atoms with Crippen LogP contribution in [0.1, 0.15) is 56.9 Å². The van der Waals surface area contributed by atoms with Crippen LogP contribution >= 0.6 is 0 Å². The maximum absolute atomic E-state index is 13.2. The Morgan fingerprint density at radius 2 is 1.57 bits per heavy atom. The van der Waals surface area contributed by atoms with Crippen molar-refractivity contribution in [1.82, 2.24) is 9.80 Å². The van der Waals surface area contributed by atoms with Crippen LogP contribution in [0.4, 0.5) is 23.7 Å². The topological polar surface area (TPSA) is 82.1 Å². The number of hydrogen-bond donors (Lipinski definition) is 2. The van der Waals surface area contributed by atoms with Gasteiger partial charge in [0.25, 0.3) is 0 Å². The largest absolute Gasteiger partial charge is 0.497 e. The first-order chi connectivity index (χ1) is 20.1. The van der Waals surface area contributed by atoms with E-state index in [0.717, 1.165) is 43.4 Å². The molecule has 0 bridgehead atoms. The molecule has 1 aliphatic heterocycles. The van der Waals surface area contributed by atoms with Gasteiger partial charge in [-0.1, -0.05) is 49.6 Å². The van der Waals surface area contributed by atoms with E-state index in [9.17, 15) is 18.0 Å². The Kier molecular flexibility index (Phi) is 13.4. The van der Waals surface area contributed by atoms with Crippen molar-refractivity contribution < 1.29 is 32.6 Å². The van der Waals surface area contributed by atoms with Gasteiger partial charge in [-0.05, 0) is 99.8 Å². The molecule has 4 rings (SSSR count). The Labute approximate surface area is 247 Å². The van der Waals surface area contributed by atoms with Gasteiger partial charge in [-0.25, -0.2) is 9.59 Å². The van der Waals surface area contributed by atoms with Crippen LogP contribution in [0, 0.1) is 11.8 Å². The molecule has 1 saturated heterocycles. The molecule has 2 fully saturated rings. The zero-order chi connectivity index (χ0) is 30.4. The Morgan fingerprint density at radius 3 is 2.14 bits per heavy atom. The number of rotatable bonds is 10. The molecule has 232 valence electrons. The highest BCUT2D eigenvalue weighted by molar-refractivity contribution is 5.89. The second-order valence-electron chi connectivity index (χ2n) is 11.2. The van der Waals surface area contributed by atoms with Gasteiger partial charge in [-0.2, -0.15) is 13.2 Å². The fraction of sp³-hybridized carbons (Fsp3) is 0.562. The SMILES string of the molecule is COc1ccc(NC(=O)N(CCCN2CCC(Cc3ccccc3)CC2)CC2CCCCC2)cc1.O=C(O)C(F)(F)F. The maximum Gasteiger partial charge on any atom is 0.490 e. The first kappa shape index (κ1) is 33.2. The van der Waals surface area contributed by atoms with Crippen molar-refractivity contribution >= 4 is 17.7 Å². The lowest BCUT2D eigenvalue weighted by Gasteiger charge is -2.33. The second-order valence-corrected chi connectivity index (χ2v) is 11.2. The second kappa shape index (κ2) is 17.0. The molecule has 0 unspecified atom stereocenters. The summed E-state index contributed by atoms with van der Waals surface area (Å²) in [5, 5.41) is 10.2. The van der Waals surface area contributed by atoms with E-state index in [1.54, 1.807) is 7.11 Å². The number of amides is 2. The molecule has 1 saturated carbocycles. The van der Waals surface area contributed by atoms with Crippen LogP contribution in [0.5, 0.6) is 5.75 Å². The van der Waals surface area contributed by atoms with Crippen molar-refractivity contribution in [2.24, 2.45) is 11.8 Å².